The molecule has 12 heavy (non-hydrogen) atoms. The summed E-state index contributed by atoms with van der Waals surface area (Å²) >= 11 is 0. The molecule has 0 aliphatic carbocycles. The van der Waals surface area contributed by atoms with Gasteiger partial charge in [0.05, 0.1) is 6.17 Å². The lowest BCUT2D eigenvalue weighted by atomic mass is 10.3. The van der Waals surface area contributed by atoms with Gasteiger partial charge in [0.1, 0.15) is 0 Å². The highest BCUT2D eigenvalue weighted by Gasteiger charge is 2.32. The van der Waals surface area contributed by atoms with Crippen LogP contribution in [0.5, 0.6) is 0 Å². The Morgan fingerprint density at radius 1 is 1.50 bits per heavy atom. The molecule has 72 valence electrons. The van der Waals surface area contributed by atoms with Crippen LogP contribution in [0.4, 0.5) is 0 Å². The third kappa shape index (κ3) is 1.61. The summed E-state index contributed by atoms with van der Waals surface area (Å²) in [5.74, 6) is 0. The SMILES string of the molecule is CN(C)S(=O)(=O)N1CCCC1N. The molecule has 0 radical (unpaired) electrons. The van der Waals surface area contributed by atoms with Crippen molar-refractivity contribution in [2.24, 2.45) is 5.73 Å². The second-order valence-corrected chi connectivity index (χ2v) is 5.21. The van der Waals surface area contributed by atoms with Crippen LogP contribution < -0.4 is 5.73 Å². The maximum absolute atomic E-state index is 11.5. The molecule has 1 rings (SSSR count). The fourth-order valence-electron chi connectivity index (χ4n) is 1.26. The highest BCUT2D eigenvalue weighted by atomic mass is 32.2. The Kier molecular flexibility index (Phi) is 2.72. The van der Waals surface area contributed by atoms with Crippen molar-refractivity contribution in [2.45, 2.75) is 19.0 Å². The fourth-order valence-corrected chi connectivity index (χ4v) is 2.49. The molecule has 6 heteroatoms. The monoisotopic (exact) mass is 193 g/mol. The Morgan fingerprint density at radius 2 is 2.08 bits per heavy atom. The first-order chi connectivity index (χ1) is 5.46. The van der Waals surface area contributed by atoms with E-state index in [1.54, 1.807) is 0 Å². The lowest BCUT2D eigenvalue weighted by Crippen LogP contribution is -2.46. The average molecular weight is 193 g/mol. The minimum absolute atomic E-state index is 0.336. The van der Waals surface area contributed by atoms with E-state index in [1.807, 2.05) is 0 Å². The van der Waals surface area contributed by atoms with E-state index in [1.165, 1.54) is 22.7 Å². The molecule has 0 aromatic carbocycles. The molecule has 0 bridgehead atoms. The van der Waals surface area contributed by atoms with Crippen molar-refractivity contribution in [2.75, 3.05) is 20.6 Å². The van der Waals surface area contributed by atoms with E-state index in [2.05, 4.69) is 0 Å². The molecule has 0 amide bonds. The van der Waals surface area contributed by atoms with Crippen molar-refractivity contribution in [1.82, 2.24) is 8.61 Å². The van der Waals surface area contributed by atoms with E-state index in [9.17, 15) is 8.42 Å². The Labute approximate surface area is 73.3 Å². The third-order valence-electron chi connectivity index (χ3n) is 2.01. The van der Waals surface area contributed by atoms with Crippen molar-refractivity contribution >= 4 is 10.2 Å². The summed E-state index contributed by atoms with van der Waals surface area (Å²) in [6.45, 7) is 0.543. The highest BCUT2D eigenvalue weighted by Crippen LogP contribution is 2.18. The predicted molar refractivity (Wildman–Crippen MR) is 46.5 cm³/mol. The third-order valence-corrected chi connectivity index (χ3v) is 3.98. The van der Waals surface area contributed by atoms with Crippen LogP contribution in [-0.2, 0) is 10.2 Å². The van der Waals surface area contributed by atoms with Crippen molar-refractivity contribution in [3.63, 3.8) is 0 Å². The van der Waals surface area contributed by atoms with Gasteiger partial charge in [0.25, 0.3) is 10.2 Å². The number of hydrogen-bond donors (Lipinski definition) is 1. The zero-order chi connectivity index (χ0) is 9.35. The topological polar surface area (TPSA) is 66.6 Å². The molecule has 5 nitrogen and oxygen atoms in total. The number of rotatable bonds is 2. The largest absolute Gasteiger partial charge is 0.315 e. The molecule has 1 aliphatic rings. The lowest BCUT2D eigenvalue weighted by molar-refractivity contribution is 0.362. The van der Waals surface area contributed by atoms with Gasteiger partial charge in [-0.25, -0.2) is 0 Å². The zero-order valence-corrected chi connectivity index (χ0v) is 8.21. The van der Waals surface area contributed by atoms with E-state index in [4.69, 9.17) is 5.73 Å². The Hall–Kier alpha value is -0.170. The van der Waals surface area contributed by atoms with Gasteiger partial charge in [-0.2, -0.15) is 17.0 Å². The van der Waals surface area contributed by atoms with Crippen molar-refractivity contribution < 1.29 is 8.42 Å². The second-order valence-electron chi connectivity index (χ2n) is 3.11. The molecule has 1 saturated heterocycles. The summed E-state index contributed by atoms with van der Waals surface area (Å²) < 4.78 is 25.6. The van der Waals surface area contributed by atoms with Gasteiger partial charge in [0.15, 0.2) is 0 Å². The molecule has 2 N–H and O–H groups in total. The van der Waals surface area contributed by atoms with E-state index >= 15 is 0 Å². The van der Waals surface area contributed by atoms with Crippen LogP contribution in [0.3, 0.4) is 0 Å². The van der Waals surface area contributed by atoms with Crippen LogP contribution in [0.25, 0.3) is 0 Å². The van der Waals surface area contributed by atoms with Gasteiger partial charge in [-0.1, -0.05) is 0 Å². The molecule has 1 aliphatic heterocycles. The summed E-state index contributed by atoms with van der Waals surface area (Å²) in [7, 11) is -0.256. The first kappa shape index (κ1) is 9.91. The summed E-state index contributed by atoms with van der Waals surface area (Å²) in [5, 5.41) is 0. The quantitative estimate of drug-likeness (QED) is 0.622. The van der Waals surface area contributed by atoms with Gasteiger partial charge < -0.3 is 5.73 Å². The molecule has 0 aromatic heterocycles. The molecule has 0 spiro atoms. The van der Waals surface area contributed by atoms with Gasteiger partial charge >= 0.3 is 0 Å². The summed E-state index contributed by atoms with van der Waals surface area (Å²) in [4.78, 5) is 0. The van der Waals surface area contributed by atoms with Crippen LogP contribution in [0, 0.1) is 0 Å². The lowest BCUT2D eigenvalue weighted by Gasteiger charge is -2.24. The molecular formula is C6H15N3O2S. The summed E-state index contributed by atoms with van der Waals surface area (Å²) in [5.41, 5.74) is 5.62. The molecule has 0 aromatic rings. The number of hydrogen-bond acceptors (Lipinski definition) is 3. The zero-order valence-electron chi connectivity index (χ0n) is 7.40. The molecular weight excluding hydrogens is 178 g/mol. The smallest absolute Gasteiger partial charge is 0.282 e. The van der Waals surface area contributed by atoms with Crippen LogP contribution in [0.15, 0.2) is 0 Å². The van der Waals surface area contributed by atoms with Gasteiger partial charge in [-0.05, 0) is 12.8 Å². The summed E-state index contributed by atoms with van der Waals surface area (Å²) in [6.07, 6.45) is 1.28. The molecule has 0 saturated carbocycles. The molecule has 1 fully saturated rings. The van der Waals surface area contributed by atoms with Crippen molar-refractivity contribution in [3.8, 4) is 0 Å². The van der Waals surface area contributed by atoms with E-state index in [0.717, 1.165) is 12.8 Å². The highest BCUT2D eigenvalue weighted by molar-refractivity contribution is 7.86. The fraction of sp³-hybridized carbons (Fsp3) is 1.00. The first-order valence-electron chi connectivity index (χ1n) is 3.91. The average Bonchev–Trinajstić information content (AvgIpc) is 2.35. The first-order valence-corrected chi connectivity index (χ1v) is 5.31. The Balaban J connectivity index is 2.82. The van der Waals surface area contributed by atoms with Crippen LogP contribution in [-0.4, -0.2) is 43.8 Å². The van der Waals surface area contributed by atoms with Gasteiger partial charge in [-0.3, -0.25) is 0 Å². The van der Waals surface area contributed by atoms with E-state index in [-0.39, 0.29) is 6.17 Å². The Morgan fingerprint density at radius 3 is 2.42 bits per heavy atom. The van der Waals surface area contributed by atoms with Crippen LogP contribution in [0.2, 0.25) is 0 Å². The maximum atomic E-state index is 11.5. The van der Waals surface area contributed by atoms with Crippen molar-refractivity contribution in [1.29, 1.82) is 0 Å². The molecule has 1 heterocycles. The van der Waals surface area contributed by atoms with Gasteiger partial charge in [0.2, 0.25) is 0 Å². The number of nitrogens with two attached hydrogens (primary N) is 1. The molecule has 1 atom stereocenters. The van der Waals surface area contributed by atoms with Crippen molar-refractivity contribution in [3.05, 3.63) is 0 Å². The summed E-state index contributed by atoms with van der Waals surface area (Å²) in [6, 6.07) is 0. The van der Waals surface area contributed by atoms with Crippen LogP contribution >= 0.6 is 0 Å². The second kappa shape index (κ2) is 3.29. The Bertz CT molecular complexity index is 250. The predicted octanol–water partition coefficient (Wildman–Crippen LogP) is -0.827. The van der Waals surface area contributed by atoms with E-state index < -0.39 is 10.2 Å². The van der Waals surface area contributed by atoms with Gasteiger partial charge in [-0.15, -0.1) is 0 Å². The maximum Gasteiger partial charge on any atom is 0.282 e. The minimum atomic E-state index is -3.28. The normalized spacial score (nSPS) is 26.8. The standard InChI is InChI=1S/C6H15N3O2S/c1-8(2)12(10,11)9-5-3-4-6(9)7/h6H,3-5,7H2,1-2H3. The minimum Gasteiger partial charge on any atom is -0.315 e. The number of nitrogens with zero attached hydrogens (tertiary/aromatic N) is 2. The van der Waals surface area contributed by atoms with E-state index in [0.29, 0.717) is 6.54 Å². The van der Waals surface area contributed by atoms with Gasteiger partial charge in [0, 0.05) is 20.6 Å². The molecule has 1 unspecified atom stereocenters. The van der Waals surface area contributed by atoms with Crippen LogP contribution in [0.1, 0.15) is 12.8 Å².